The second-order valence-corrected chi connectivity index (χ2v) is 5.68. The topological polar surface area (TPSA) is 84.7 Å². The van der Waals surface area contributed by atoms with Gasteiger partial charge in [0.25, 0.3) is 0 Å². The number of allylic oxidation sites excluding steroid dienone is 4. The number of nitrogens with one attached hydrogen (secondary N) is 2. The zero-order valence-corrected chi connectivity index (χ0v) is 15.4. The number of halogens is 1. The number of benzene rings is 1. The average molecular weight is 370 g/mol. The molecule has 2 rings (SSSR count). The summed E-state index contributed by atoms with van der Waals surface area (Å²) in [6.07, 6.45) is 6.06. The van der Waals surface area contributed by atoms with Gasteiger partial charge < -0.3 is 10.6 Å². The third-order valence-corrected chi connectivity index (χ3v) is 3.59. The van der Waals surface area contributed by atoms with Crippen molar-refractivity contribution in [2.45, 2.75) is 33.2 Å². The van der Waals surface area contributed by atoms with E-state index in [2.05, 4.69) is 39.5 Å². The SMILES string of the molecule is C=C/C(NC(=O)Nc1ccc(-c2nnn(CCCC)n2)cc1)=C(F)\C=C/C. The number of anilines is 1. The molecule has 0 fully saturated rings. The molecule has 2 amide bonds. The van der Waals surface area contributed by atoms with Crippen LogP contribution < -0.4 is 10.6 Å². The van der Waals surface area contributed by atoms with Crippen molar-refractivity contribution in [3.05, 3.63) is 60.6 Å². The Morgan fingerprint density at radius 1 is 1.33 bits per heavy atom. The van der Waals surface area contributed by atoms with Crippen LogP contribution in [0.3, 0.4) is 0 Å². The number of rotatable bonds is 8. The maximum atomic E-state index is 13.7. The van der Waals surface area contributed by atoms with E-state index in [-0.39, 0.29) is 5.70 Å². The zero-order chi connectivity index (χ0) is 19.6. The lowest BCUT2D eigenvalue weighted by atomic mass is 10.2. The highest BCUT2D eigenvalue weighted by molar-refractivity contribution is 5.91. The molecule has 1 aromatic carbocycles. The van der Waals surface area contributed by atoms with Crippen molar-refractivity contribution in [3.8, 4) is 11.4 Å². The molecule has 0 aliphatic rings. The summed E-state index contributed by atoms with van der Waals surface area (Å²) in [4.78, 5) is 13.6. The van der Waals surface area contributed by atoms with Crippen molar-refractivity contribution in [1.29, 1.82) is 0 Å². The van der Waals surface area contributed by atoms with Gasteiger partial charge in [0.15, 0.2) is 0 Å². The molecule has 8 heteroatoms. The Balaban J connectivity index is 2.00. The van der Waals surface area contributed by atoms with Gasteiger partial charge in [0.1, 0.15) is 5.83 Å². The van der Waals surface area contributed by atoms with Gasteiger partial charge in [-0.25, -0.2) is 9.18 Å². The van der Waals surface area contributed by atoms with Crippen molar-refractivity contribution >= 4 is 11.7 Å². The van der Waals surface area contributed by atoms with Crippen molar-refractivity contribution in [2.24, 2.45) is 0 Å². The molecule has 7 nitrogen and oxygen atoms in total. The van der Waals surface area contributed by atoms with Crippen LogP contribution in [0.1, 0.15) is 26.7 Å². The highest BCUT2D eigenvalue weighted by atomic mass is 19.1. The molecule has 0 saturated heterocycles. The van der Waals surface area contributed by atoms with Crippen molar-refractivity contribution < 1.29 is 9.18 Å². The molecule has 1 heterocycles. The number of nitrogens with zero attached hydrogens (tertiary/aromatic N) is 4. The fourth-order valence-electron chi connectivity index (χ4n) is 2.18. The Kier molecular flexibility index (Phi) is 7.42. The number of aromatic nitrogens is 4. The Morgan fingerprint density at radius 3 is 2.70 bits per heavy atom. The molecule has 0 aliphatic carbocycles. The predicted molar refractivity (Wildman–Crippen MR) is 103 cm³/mol. The minimum absolute atomic E-state index is 0.00452. The number of aryl methyl sites for hydroxylation is 1. The van der Waals surface area contributed by atoms with Crippen molar-refractivity contribution in [3.63, 3.8) is 0 Å². The van der Waals surface area contributed by atoms with Gasteiger partial charge in [0, 0.05) is 11.3 Å². The van der Waals surface area contributed by atoms with E-state index < -0.39 is 11.9 Å². The highest BCUT2D eigenvalue weighted by Crippen LogP contribution is 2.17. The first-order valence-corrected chi connectivity index (χ1v) is 8.68. The molecule has 1 aromatic heterocycles. The molecule has 0 spiro atoms. The monoisotopic (exact) mass is 370 g/mol. The maximum Gasteiger partial charge on any atom is 0.323 e. The molecular weight excluding hydrogens is 347 g/mol. The molecule has 0 unspecified atom stereocenters. The van der Waals surface area contributed by atoms with Crippen LogP contribution in [0, 0.1) is 0 Å². The zero-order valence-electron chi connectivity index (χ0n) is 15.4. The summed E-state index contributed by atoms with van der Waals surface area (Å²) in [5, 5.41) is 17.4. The highest BCUT2D eigenvalue weighted by Gasteiger charge is 2.09. The molecule has 0 saturated carbocycles. The van der Waals surface area contributed by atoms with Gasteiger partial charge in [-0.05, 0) is 55.0 Å². The third-order valence-electron chi connectivity index (χ3n) is 3.59. The Morgan fingerprint density at radius 2 is 2.07 bits per heavy atom. The van der Waals surface area contributed by atoms with Gasteiger partial charge in [-0.3, -0.25) is 0 Å². The summed E-state index contributed by atoms with van der Waals surface area (Å²) in [7, 11) is 0. The average Bonchev–Trinajstić information content (AvgIpc) is 3.14. The van der Waals surface area contributed by atoms with Gasteiger partial charge in [-0.1, -0.05) is 26.0 Å². The number of carbonyl (C=O) groups excluding carboxylic acids is 1. The summed E-state index contributed by atoms with van der Waals surface area (Å²) < 4.78 is 13.7. The first kappa shape index (κ1) is 20.0. The lowest BCUT2D eigenvalue weighted by molar-refractivity contribution is 0.254. The molecule has 142 valence electrons. The van der Waals surface area contributed by atoms with E-state index >= 15 is 0 Å². The number of urea groups is 1. The molecule has 0 radical (unpaired) electrons. The summed E-state index contributed by atoms with van der Waals surface area (Å²) in [6, 6.07) is 6.41. The van der Waals surface area contributed by atoms with Gasteiger partial charge in [0.05, 0.1) is 12.2 Å². The van der Waals surface area contributed by atoms with E-state index in [0.717, 1.165) is 24.9 Å². The Labute approximate surface area is 157 Å². The largest absolute Gasteiger partial charge is 0.323 e. The van der Waals surface area contributed by atoms with E-state index in [1.807, 2.05) is 0 Å². The maximum absolute atomic E-state index is 13.7. The van der Waals surface area contributed by atoms with Crippen LogP contribution in [0.25, 0.3) is 11.4 Å². The van der Waals surface area contributed by atoms with Crippen LogP contribution in [0.4, 0.5) is 14.9 Å². The van der Waals surface area contributed by atoms with E-state index in [4.69, 9.17) is 0 Å². The lowest BCUT2D eigenvalue weighted by Crippen LogP contribution is -2.27. The number of hydrogen-bond donors (Lipinski definition) is 2. The molecule has 27 heavy (non-hydrogen) atoms. The van der Waals surface area contributed by atoms with Gasteiger partial charge in [0.2, 0.25) is 5.82 Å². The van der Waals surface area contributed by atoms with Crippen LogP contribution >= 0.6 is 0 Å². The standard InChI is InChI=1S/C19H23FN6O/c1-4-7-13-26-24-18(23-25-26)14-9-11-15(12-10-14)21-19(27)22-17(6-3)16(20)8-5-2/h5-6,8-12H,3-4,7,13H2,1-2H3,(H2,21,22,27)/b8-5-,17-16-. The molecule has 0 aliphatic heterocycles. The van der Waals surface area contributed by atoms with Crippen LogP contribution in [0.2, 0.25) is 0 Å². The summed E-state index contributed by atoms with van der Waals surface area (Å²) in [6.45, 7) is 8.00. The normalized spacial score (nSPS) is 12.0. The number of hydrogen-bond acceptors (Lipinski definition) is 4. The molecule has 2 N–H and O–H groups in total. The van der Waals surface area contributed by atoms with Crippen molar-refractivity contribution in [1.82, 2.24) is 25.5 Å². The number of amides is 2. The third kappa shape index (κ3) is 5.88. The minimum atomic E-state index is -0.574. The number of unbranched alkanes of at least 4 members (excludes halogenated alkanes) is 1. The molecule has 2 aromatic rings. The quantitative estimate of drug-likeness (QED) is 0.682. The fraction of sp³-hybridized carbons (Fsp3) is 0.263. The summed E-state index contributed by atoms with van der Waals surface area (Å²) >= 11 is 0. The van der Waals surface area contributed by atoms with Crippen LogP contribution in [-0.4, -0.2) is 26.2 Å². The smallest absolute Gasteiger partial charge is 0.308 e. The summed E-state index contributed by atoms with van der Waals surface area (Å²) in [5.41, 5.74) is 1.33. The fourth-order valence-corrected chi connectivity index (χ4v) is 2.18. The van der Waals surface area contributed by atoms with Crippen LogP contribution in [-0.2, 0) is 6.54 Å². The molecular formula is C19H23FN6O. The molecule has 0 bridgehead atoms. The van der Waals surface area contributed by atoms with Crippen LogP contribution in [0.5, 0.6) is 0 Å². The van der Waals surface area contributed by atoms with Gasteiger partial charge >= 0.3 is 6.03 Å². The molecule has 0 atom stereocenters. The van der Waals surface area contributed by atoms with Gasteiger partial charge in [-0.2, -0.15) is 4.80 Å². The minimum Gasteiger partial charge on any atom is -0.308 e. The van der Waals surface area contributed by atoms with Gasteiger partial charge in [-0.15, -0.1) is 10.2 Å². The van der Waals surface area contributed by atoms with E-state index in [9.17, 15) is 9.18 Å². The van der Waals surface area contributed by atoms with E-state index in [0.29, 0.717) is 11.5 Å². The summed E-state index contributed by atoms with van der Waals surface area (Å²) in [5.74, 6) is -0.0531. The second-order valence-electron chi connectivity index (χ2n) is 5.68. The number of carbonyl (C=O) groups is 1. The predicted octanol–water partition coefficient (Wildman–Crippen LogP) is 4.20. The Hall–Kier alpha value is -3.29. The lowest BCUT2D eigenvalue weighted by Gasteiger charge is -2.09. The number of tetrazole rings is 1. The Bertz CT molecular complexity index is 838. The first-order valence-electron chi connectivity index (χ1n) is 8.68. The van der Waals surface area contributed by atoms with E-state index in [1.165, 1.54) is 18.2 Å². The van der Waals surface area contributed by atoms with E-state index in [1.54, 1.807) is 36.0 Å². The van der Waals surface area contributed by atoms with Crippen molar-refractivity contribution in [2.75, 3.05) is 5.32 Å². The second kappa shape index (κ2) is 10.0. The van der Waals surface area contributed by atoms with Crippen LogP contribution in [0.15, 0.2) is 60.6 Å². The first-order chi connectivity index (χ1) is 13.1.